The maximum Gasteiger partial charge on any atom is 0.137 e. The van der Waals surface area contributed by atoms with Gasteiger partial charge in [0.15, 0.2) is 0 Å². The van der Waals surface area contributed by atoms with Crippen LogP contribution in [-0.2, 0) is 0 Å². The number of anilines is 3. The number of fused-ring (bicyclic) bond motifs is 9. The highest BCUT2D eigenvalue weighted by molar-refractivity contribution is 6.22. The molecular formula is C50H31NO2. The summed E-state index contributed by atoms with van der Waals surface area (Å²) < 4.78 is 12.9. The highest BCUT2D eigenvalue weighted by Crippen LogP contribution is 2.46. The van der Waals surface area contributed by atoms with Crippen LogP contribution in [0.3, 0.4) is 0 Å². The summed E-state index contributed by atoms with van der Waals surface area (Å²) in [7, 11) is 0. The molecule has 2 heterocycles. The minimum atomic E-state index is 0.857. The molecular weight excluding hydrogens is 647 g/mol. The van der Waals surface area contributed by atoms with Gasteiger partial charge in [0.1, 0.15) is 22.3 Å². The van der Waals surface area contributed by atoms with Crippen LogP contribution in [0, 0.1) is 0 Å². The Morgan fingerprint density at radius 2 is 0.981 bits per heavy atom. The molecule has 11 rings (SSSR count). The SMILES string of the molecule is c1ccc(-c2cccc3c2ccc2oc4ccc(N(c5ccc(-c6ccc7ccccc7c6)cc5)c5cccc6oc7ccccc7c56)cc4c23)cc1. The van der Waals surface area contributed by atoms with Crippen molar-refractivity contribution in [2.45, 2.75) is 0 Å². The summed E-state index contributed by atoms with van der Waals surface area (Å²) in [6.07, 6.45) is 0. The molecule has 0 aliphatic heterocycles. The van der Waals surface area contributed by atoms with Gasteiger partial charge in [-0.3, -0.25) is 0 Å². The van der Waals surface area contributed by atoms with Crippen LogP contribution in [0.5, 0.6) is 0 Å². The van der Waals surface area contributed by atoms with Crippen LogP contribution in [0.4, 0.5) is 17.1 Å². The minimum absolute atomic E-state index is 0.857. The highest BCUT2D eigenvalue weighted by atomic mass is 16.3. The third kappa shape index (κ3) is 4.75. The molecule has 2 aromatic heterocycles. The fourth-order valence-corrected chi connectivity index (χ4v) is 8.17. The number of para-hydroxylation sites is 1. The van der Waals surface area contributed by atoms with Crippen LogP contribution >= 0.6 is 0 Å². The number of furan rings is 2. The quantitative estimate of drug-likeness (QED) is 0.182. The second-order valence-corrected chi connectivity index (χ2v) is 13.7. The molecule has 0 radical (unpaired) electrons. The van der Waals surface area contributed by atoms with Crippen LogP contribution in [0.2, 0.25) is 0 Å². The molecule has 0 fully saturated rings. The van der Waals surface area contributed by atoms with Gasteiger partial charge < -0.3 is 13.7 Å². The van der Waals surface area contributed by atoms with Crippen molar-refractivity contribution < 1.29 is 8.83 Å². The monoisotopic (exact) mass is 677 g/mol. The molecule has 0 bridgehead atoms. The zero-order valence-corrected chi connectivity index (χ0v) is 28.7. The van der Waals surface area contributed by atoms with Crippen LogP contribution < -0.4 is 4.90 Å². The van der Waals surface area contributed by atoms with Crippen LogP contribution in [0.25, 0.3) is 87.7 Å². The van der Waals surface area contributed by atoms with Crippen molar-refractivity contribution in [1.82, 2.24) is 0 Å². The first-order valence-corrected chi connectivity index (χ1v) is 18.0. The number of hydrogen-bond acceptors (Lipinski definition) is 3. The van der Waals surface area contributed by atoms with Crippen molar-refractivity contribution >= 4 is 82.5 Å². The topological polar surface area (TPSA) is 29.5 Å². The number of hydrogen-bond donors (Lipinski definition) is 0. The summed E-state index contributed by atoms with van der Waals surface area (Å²) in [5.74, 6) is 0. The summed E-state index contributed by atoms with van der Waals surface area (Å²) >= 11 is 0. The van der Waals surface area contributed by atoms with Crippen molar-refractivity contribution in [3.8, 4) is 22.3 Å². The Labute approximate surface area is 305 Å². The standard InChI is InChI=1S/C50H31NO2/c1-2-11-34(12-3-1)39-15-8-16-41-40(39)27-29-48-49(41)43-31-38(26-28-46(43)53-48)51(44-17-9-19-47-50(44)42-14-6-7-18-45(42)52-47)37-24-22-33(23-25-37)36-21-20-32-10-4-5-13-35(32)30-36/h1-31H. The van der Waals surface area contributed by atoms with E-state index < -0.39 is 0 Å². The van der Waals surface area contributed by atoms with Gasteiger partial charge in [-0.1, -0.05) is 127 Å². The lowest BCUT2D eigenvalue weighted by atomic mass is 9.95. The van der Waals surface area contributed by atoms with E-state index in [-0.39, 0.29) is 0 Å². The molecule has 9 aromatic carbocycles. The van der Waals surface area contributed by atoms with Gasteiger partial charge in [-0.05, 0) is 104 Å². The fourth-order valence-electron chi connectivity index (χ4n) is 8.17. The maximum absolute atomic E-state index is 6.53. The average Bonchev–Trinajstić information content (AvgIpc) is 3.80. The lowest BCUT2D eigenvalue weighted by Crippen LogP contribution is -2.10. The summed E-state index contributed by atoms with van der Waals surface area (Å²) in [5, 5.41) is 9.22. The zero-order chi connectivity index (χ0) is 34.9. The van der Waals surface area contributed by atoms with E-state index >= 15 is 0 Å². The second-order valence-electron chi connectivity index (χ2n) is 13.7. The average molecular weight is 678 g/mol. The Morgan fingerprint density at radius 1 is 0.321 bits per heavy atom. The van der Waals surface area contributed by atoms with Gasteiger partial charge in [-0.15, -0.1) is 0 Å². The molecule has 0 amide bonds. The van der Waals surface area contributed by atoms with E-state index in [2.05, 4.69) is 181 Å². The first-order chi connectivity index (χ1) is 26.3. The van der Waals surface area contributed by atoms with Crippen LogP contribution in [-0.4, -0.2) is 0 Å². The molecule has 3 nitrogen and oxygen atoms in total. The minimum Gasteiger partial charge on any atom is -0.456 e. The molecule has 3 heteroatoms. The predicted octanol–water partition coefficient (Wildman–Crippen LogP) is 14.6. The molecule has 0 N–H and O–H groups in total. The van der Waals surface area contributed by atoms with Gasteiger partial charge in [0, 0.05) is 27.5 Å². The Balaban J connectivity index is 1.13. The predicted molar refractivity (Wildman–Crippen MR) is 222 cm³/mol. The number of rotatable bonds is 5. The van der Waals surface area contributed by atoms with Crippen LogP contribution in [0.1, 0.15) is 0 Å². The van der Waals surface area contributed by atoms with Gasteiger partial charge in [-0.2, -0.15) is 0 Å². The summed E-state index contributed by atoms with van der Waals surface area (Å²) in [6.45, 7) is 0. The molecule has 0 saturated carbocycles. The Hall–Kier alpha value is -7.10. The van der Waals surface area contributed by atoms with Crippen molar-refractivity contribution in [2.75, 3.05) is 4.90 Å². The van der Waals surface area contributed by atoms with E-state index in [9.17, 15) is 0 Å². The highest BCUT2D eigenvalue weighted by Gasteiger charge is 2.21. The number of nitrogens with zero attached hydrogens (tertiary/aromatic N) is 1. The molecule has 11 aromatic rings. The van der Waals surface area contributed by atoms with Crippen molar-refractivity contribution in [1.29, 1.82) is 0 Å². The van der Waals surface area contributed by atoms with Crippen molar-refractivity contribution in [3.05, 3.63) is 188 Å². The van der Waals surface area contributed by atoms with Gasteiger partial charge in [-0.25, -0.2) is 0 Å². The number of benzene rings is 9. The lowest BCUT2D eigenvalue weighted by Gasteiger charge is -2.26. The Morgan fingerprint density at radius 3 is 1.87 bits per heavy atom. The maximum atomic E-state index is 6.53. The third-order valence-electron chi connectivity index (χ3n) is 10.6. The normalized spacial score (nSPS) is 11.8. The molecule has 0 unspecified atom stereocenters. The molecule has 53 heavy (non-hydrogen) atoms. The van der Waals surface area contributed by atoms with E-state index in [1.807, 2.05) is 12.1 Å². The summed E-state index contributed by atoms with van der Waals surface area (Å²) in [6, 6.07) is 66.8. The molecule has 0 saturated heterocycles. The van der Waals surface area contributed by atoms with Gasteiger partial charge in [0.2, 0.25) is 0 Å². The molecule has 0 aliphatic rings. The lowest BCUT2D eigenvalue weighted by molar-refractivity contribution is 0.668. The largest absolute Gasteiger partial charge is 0.456 e. The molecule has 0 aliphatic carbocycles. The molecule has 0 atom stereocenters. The van der Waals surface area contributed by atoms with Gasteiger partial charge >= 0.3 is 0 Å². The van der Waals surface area contributed by atoms with Crippen LogP contribution in [0.15, 0.2) is 197 Å². The van der Waals surface area contributed by atoms with E-state index in [0.717, 1.165) is 60.9 Å². The van der Waals surface area contributed by atoms with E-state index in [0.29, 0.717) is 0 Å². The smallest absolute Gasteiger partial charge is 0.137 e. The summed E-state index contributed by atoms with van der Waals surface area (Å²) in [5.41, 5.74) is 11.4. The van der Waals surface area contributed by atoms with Gasteiger partial charge in [0.25, 0.3) is 0 Å². The summed E-state index contributed by atoms with van der Waals surface area (Å²) in [4.78, 5) is 2.35. The third-order valence-corrected chi connectivity index (χ3v) is 10.6. The molecule has 248 valence electrons. The van der Waals surface area contributed by atoms with Gasteiger partial charge in [0.05, 0.1) is 11.1 Å². The van der Waals surface area contributed by atoms with E-state index in [1.54, 1.807) is 0 Å². The second kappa shape index (κ2) is 11.7. The fraction of sp³-hybridized carbons (Fsp3) is 0. The van der Waals surface area contributed by atoms with E-state index in [1.165, 1.54) is 43.8 Å². The Bertz CT molecular complexity index is 3170. The first kappa shape index (κ1) is 29.6. The zero-order valence-electron chi connectivity index (χ0n) is 28.7. The van der Waals surface area contributed by atoms with E-state index in [4.69, 9.17) is 8.83 Å². The van der Waals surface area contributed by atoms with Crippen molar-refractivity contribution in [3.63, 3.8) is 0 Å². The van der Waals surface area contributed by atoms with Crippen molar-refractivity contribution in [2.24, 2.45) is 0 Å². The Kier molecular flexibility index (Phi) is 6.55. The first-order valence-electron chi connectivity index (χ1n) is 18.0. The molecule has 0 spiro atoms.